The molecule has 1 aromatic carbocycles. The molecule has 0 radical (unpaired) electrons. The van der Waals surface area contributed by atoms with Crippen LogP contribution in [0.5, 0.6) is 5.75 Å². The number of benzene rings is 1. The normalized spacial score (nSPS) is 18.9. The van der Waals surface area contributed by atoms with Crippen molar-refractivity contribution >= 4 is 11.9 Å². The van der Waals surface area contributed by atoms with Crippen LogP contribution in [-0.2, 0) is 16.1 Å². The fraction of sp³-hybridized carbons (Fsp3) is 0.500. The van der Waals surface area contributed by atoms with Crippen LogP contribution >= 0.6 is 0 Å². The van der Waals surface area contributed by atoms with E-state index in [1.54, 1.807) is 24.3 Å². The minimum absolute atomic E-state index is 0.170. The first-order chi connectivity index (χ1) is 13.9. The molecule has 1 aliphatic rings. The monoisotopic (exact) mass is 400 g/mol. The van der Waals surface area contributed by atoms with E-state index >= 15 is 0 Å². The number of carbonyl (C=O) groups excluding carboxylic acids is 2. The summed E-state index contributed by atoms with van der Waals surface area (Å²) in [5, 5.41) is 6.87. The molecule has 7 heteroatoms. The Hall–Kier alpha value is -2.83. The predicted molar refractivity (Wildman–Crippen MR) is 107 cm³/mol. The molecule has 2 aromatic rings. The van der Waals surface area contributed by atoms with Crippen LogP contribution in [0.25, 0.3) is 0 Å². The number of ether oxygens (including phenoxy) is 2. The molecule has 7 nitrogen and oxygen atoms in total. The number of esters is 1. The molecule has 1 amide bonds. The van der Waals surface area contributed by atoms with Crippen LogP contribution in [0.4, 0.5) is 0 Å². The van der Waals surface area contributed by atoms with Crippen LogP contribution in [0.3, 0.4) is 0 Å². The van der Waals surface area contributed by atoms with Gasteiger partial charge in [-0.3, -0.25) is 4.79 Å². The number of aromatic nitrogens is 1. The summed E-state index contributed by atoms with van der Waals surface area (Å²) < 4.78 is 16.0. The van der Waals surface area contributed by atoms with Gasteiger partial charge in [-0.15, -0.1) is 0 Å². The van der Waals surface area contributed by atoms with E-state index in [1.807, 2.05) is 13.8 Å². The standard InChI is InChI=1S/C22H28N2O5/c1-14-6-4-5-7-20(14)23-21(25)13-28-22(26)17-8-10-18(11-9-17)27-12-19-15(2)24-29-16(19)3/h8-11,14,20H,4-7,12-13H2,1-3H3,(H,23,25)/t14-,20+/m0/s1. The minimum atomic E-state index is -0.533. The van der Waals surface area contributed by atoms with Gasteiger partial charge in [0.05, 0.1) is 16.8 Å². The van der Waals surface area contributed by atoms with Crippen molar-refractivity contribution in [2.45, 2.75) is 59.1 Å². The van der Waals surface area contributed by atoms with Gasteiger partial charge in [-0.1, -0.05) is 24.9 Å². The Morgan fingerprint density at radius 3 is 2.55 bits per heavy atom. The second-order valence-corrected chi connectivity index (χ2v) is 7.63. The third-order valence-electron chi connectivity index (χ3n) is 5.45. The van der Waals surface area contributed by atoms with E-state index in [2.05, 4.69) is 17.4 Å². The van der Waals surface area contributed by atoms with Gasteiger partial charge in [-0.25, -0.2) is 4.79 Å². The van der Waals surface area contributed by atoms with E-state index in [-0.39, 0.29) is 18.6 Å². The molecule has 0 aliphatic heterocycles. The lowest BCUT2D eigenvalue weighted by molar-refractivity contribution is -0.125. The van der Waals surface area contributed by atoms with Gasteiger partial charge in [0, 0.05) is 6.04 Å². The van der Waals surface area contributed by atoms with Gasteiger partial charge >= 0.3 is 5.97 Å². The van der Waals surface area contributed by atoms with Crippen molar-refractivity contribution in [1.29, 1.82) is 0 Å². The Balaban J connectivity index is 1.45. The molecule has 1 N–H and O–H groups in total. The number of rotatable bonds is 7. The third-order valence-corrected chi connectivity index (χ3v) is 5.45. The number of nitrogens with zero attached hydrogens (tertiary/aromatic N) is 1. The lowest BCUT2D eigenvalue weighted by Crippen LogP contribution is -2.42. The second kappa shape index (κ2) is 9.58. The van der Waals surface area contributed by atoms with Crippen LogP contribution in [0.2, 0.25) is 0 Å². The van der Waals surface area contributed by atoms with Crippen molar-refractivity contribution in [3.8, 4) is 5.75 Å². The highest BCUT2D eigenvalue weighted by molar-refractivity contribution is 5.91. The topological polar surface area (TPSA) is 90.7 Å². The molecule has 0 saturated heterocycles. The van der Waals surface area contributed by atoms with Crippen LogP contribution in [-0.4, -0.2) is 29.7 Å². The van der Waals surface area contributed by atoms with E-state index < -0.39 is 5.97 Å². The Labute approximate surface area is 170 Å². The van der Waals surface area contributed by atoms with Gasteiger partial charge in [0.25, 0.3) is 5.91 Å². The molecule has 1 heterocycles. The highest BCUT2D eigenvalue weighted by Gasteiger charge is 2.23. The third kappa shape index (κ3) is 5.59. The molecule has 0 bridgehead atoms. The quantitative estimate of drug-likeness (QED) is 0.713. The Bertz CT molecular complexity index is 824. The van der Waals surface area contributed by atoms with Crippen LogP contribution in [0.1, 0.15) is 60.0 Å². The molecule has 1 fully saturated rings. The maximum Gasteiger partial charge on any atom is 0.338 e. The zero-order valence-corrected chi connectivity index (χ0v) is 17.2. The van der Waals surface area contributed by atoms with E-state index in [1.165, 1.54) is 6.42 Å². The largest absolute Gasteiger partial charge is 0.489 e. The fourth-order valence-electron chi connectivity index (χ4n) is 3.54. The lowest BCUT2D eigenvalue weighted by atomic mass is 9.86. The zero-order chi connectivity index (χ0) is 20.8. The summed E-state index contributed by atoms with van der Waals surface area (Å²) in [7, 11) is 0. The van der Waals surface area contributed by atoms with Gasteiger partial charge in [0.2, 0.25) is 0 Å². The first-order valence-electron chi connectivity index (χ1n) is 10.0. The first-order valence-corrected chi connectivity index (χ1v) is 10.0. The molecule has 0 spiro atoms. The predicted octanol–water partition coefficient (Wildman–Crippen LogP) is 3.72. The number of hydrogen-bond acceptors (Lipinski definition) is 6. The van der Waals surface area contributed by atoms with E-state index in [0.29, 0.717) is 23.8 Å². The van der Waals surface area contributed by atoms with Gasteiger partial charge in [-0.2, -0.15) is 0 Å². The molecule has 0 unspecified atom stereocenters. The van der Waals surface area contributed by atoms with Crippen molar-refractivity contribution in [2.24, 2.45) is 5.92 Å². The molecular formula is C22H28N2O5. The SMILES string of the molecule is Cc1noc(C)c1COc1ccc(C(=O)OCC(=O)N[C@@H]2CCCC[C@@H]2C)cc1. The highest BCUT2D eigenvalue weighted by atomic mass is 16.5. The summed E-state index contributed by atoms with van der Waals surface area (Å²) in [6.45, 7) is 5.91. The molecule has 156 valence electrons. The number of aryl methyl sites for hydroxylation is 2. The molecule has 1 saturated carbocycles. The summed E-state index contributed by atoms with van der Waals surface area (Å²) in [6, 6.07) is 6.79. The van der Waals surface area contributed by atoms with E-state index in [4.69, 9.17) is 14.0 Å². The van der Waals surface area contributed by atoms with E-state index in [0.717, 1.165) is 36.3 Å². The average Bonchev–Trinajstić information content (AvgIpc) is 3.04. The van der Waals surface area contributed by atoms with Crippen LogP contribution in [0, 0.1) is 19.8 Å². The van der Waals surface area contributed by atoms with Crippen molar-refractivity contribution in [2.75, 3.05) is 6.61 Å². The molecule has 2 atom stereocenters. The van der Waals surface area contributed by atoms with Gasteiger partial charge in [0.15, 0.2) is 6.61 Å². The molecule has 29 heavy (non-hydrogen) atoms. The minimum Gasteiger partial charge on any atom is -0.489 e. The summed E-state index contributed by atoms with van der Waals surface area (Å²) in [4.78, 5) is 24.3. The summed E-state index contributed by atoms with van der Waals surface area (Å²) in [6.07, 6.45) is 4.44. The molecular weight excluding hydrogens is 372 g/mol. The number of hydrogen-bond donors (Lipinski definition) is 1. The highest BCUT2D eigenvalue weighted by Crippen LogP contribution is 2.23. The second-order valence-electron chi connectivity index (χ2n) is 7.63. The van der Waals surface area contributed by atoms with Crippen molar-refractivity contribution < 1.29 is 23.6 Å². The van der Waals surface area contributed by atoms with E-state index in [9.17, 15) is 9.59 Å². The summed E-state index contributed by atoms with van der Waals surface area (Å²) >= 11 is 0. The van der Waals surface area contributed by atoms with Gasteiger partial charge in [-0.05, 0) is 56.9 Å². The maximum atomic E-state index is 12.2. The summed E-state index contributed by atoms with van der Waals surface area (Å²) in [5.41, 5.74) is 2.07. The Morgan fingerprint density at radius 2 is 1.90 bits per heavy atom. The number of amides is 1. The average molecular weight is 400 g/mol. The lowest BCUT2D eigenvalue weighted by Gasteiger charge is -2.29. The van der Waals surface area contributed by atoms with Crippen molar-refractivity contribution in [3.63, 3.8) is 0 Å². The number of carbonyl (C=O) groups is 2. The summed E-state index contributed by atoms with van der Waals surface area (Å²) in [5.74, 6) is 1.01. The number of nitrogens with one attached hydrogen (secondary N) is 1. The maximum absolute atomic E-state index is 12.2. The van der Waals surface area contributed by atoms with Crippen LogP contribution in [0.15, 0.2) is 28.8 Å². The van der Waals surface area contributed by atoms with Crippen LogP contribution < -0.4 is 10.1 Å². The molecule has 1 aromatic heterocycles. The van der Waals surface area contributed by atoms with Gasteiger partial charge in [0.1, 0.15) is 18.1 Å². The fourth-order valence-corrected chi connectivity index (χ4v) is 3.54. The molecule has 3 rings (SSSR count). The van der Waals surface area contributed by atoms with Gasteiger partial charge < -0.3 is 19.3 Å². The first kappa shape index (κ1) is 20.9. The zero-order valence-electron chi connectivity index (χ0n) is 17.2. The van der Waals surface area contributed by atoms with Crippen molar-refractivity contribution in [3.05, 3.63) is 46.8 Å². The molecule has 1 aliphatic carbocycles. The Morgan fingerprint density at radius 1 is 1.17 bits per heavy atom. The smallest absolute Gasteiger partial charge is 0.338 e. The van der Waals surface area contributed by atoms with Crippen molar-refractivity contribution in [1.82, 2.24) is 10.5 Å². The Kier molecular flexibility index (Phi) is 6.90.